The third-order valence-corrected chi connectivity index (χ3v) is 2.04. The van der Waals surface area contributed by atoms with Crippen molar-refractivity contribution in [1.82, 2.24) is 9.59 Å². The lowest BCUT2D eigenvalue weighted by Gasteiger charge is -1.98. The van der Waals surface area contributed by atoms with Gasteiger partial charge in [0.25, 0.3) is 0 Å². The Morgan fingerprint density at radius 2 is 2.67 bits per heavy atom. The average Bonchev–Trinajstić information content (AvgIpc) is 2.37. The summed E-state index contributed by atoms with van der Waals surface area (Å²) in [5, 5.41) is 5.89. The lowest BCUT2D eigenvalue weighted by atomic mass is 10.3. The molecule has 0 fully saturated rings. The molecule has 0 spiro atoms. The number of rotatable bonds is 2. The standard InChI is InChI=1S/C5H7N2S2/c1-2-5(8)4-3-9-7-6-4/h3,5,8H,1-2H2. The van der Waals surface area contributed by atoms with E-state index in [1.807, 2.05) is 5.38 Å². The molecular weight excluding hydrogens is 152 g/mol. The van der Waals surface area contributed by atoms with Crippen LogP contribution in [0.4, 0.5) is 0 Å². The van der Waals surface area contributed by atoms with Crippen molar-refractivity contribution >= 4 is 24.2 Å². The van der Waals surface area contributed by atoms with Gasteiger partial charge in [-0.1, -0.05) is 11.4 Å². The third kappa shape index (κ3) is 1.66. The van der Waals surface area contributed by atoms with Gasteiger partial charge in [-0.15, -0.1) is 5.10 Å². The number of hydrogen-bond acceptors (Lipinski definition) is 4. The molecule has 9 heavy (non-hydrogen) atoms. The summed E-state index contributed by atoms with van der Waals surface area (Å²) in [5.74, 6) is 0. The zero-order valence-electron chi connectivity index (χ0n) is 4.82. The van der Waals surface area contributed by atoms with E-state index >= 15 is 0 Å². The lowest BCUT2D eigenvalue weighted by molar-refractivity contribution is 0.903. The number of hydrogen-bond donors (Lipinski definition) is 1. The summed E-state index contributed by atoms with van der Waals surface area (Å²) in [6, 6.07) is 0. The summed E-state index contributed by atoms with van der Waals surface area (Å²) in [5.41, 5.74) is 0.929. The van der Waals surface area contributed by atoms with Gasteiger partial charge < -0.3 is 0 Å². The van der Waals surface area contributed by atoms with Gasteiger partial charge in [0.1, 0.15) is 0 Å². The molecule has 1 unspecified atom stereocenters. The fourth-order valence-corrected chi connectivity index (χ4v) is 1.20. The van der Waals surface area contributed by atoms with Crippen LogP contribution >= 0.6 is 24.2 Å². The highest BCUT2D eigenvalue weighted by Gasteiger charge is 2.04. The highest BCUT2D eigenvalue weighted by molar-refractivity contribution is 7.80. The van der Waals surface area contributed by atoms with Crippen LogP contribution in [-0.2, 0) is 0 Å². The first-order valence-corrected chi connectivity index (χ1v) is 3.94. The third-order valence-electron chi connectivity index (χ3n) is 0.992. The molecule has 2 nitrogen and oxygen atoms in total. The molecule has 0 aliphatic carbocycles. The molecule has 0 aromatic carbocycles. The molecule has 49 valence electrons. The van der Waals surface area contributed by atoms with E-state index in [1.165, 1.54) is 11.5 Å². The van der Waals surface area contributed by atoms with Crippen LogP contribution in [0.1, 0.15) is 17.4 Å². The van der Waals surface area contributed by atoms with E-state index in [1.54, 1.807) is 0 Å². The maximum atomic E-state index is 4.23. The minimum absolute atomic E-state index is 0.156. The summed E-state index contributed by atoms with van der Waals surface area (Å²) in [4.78, 5) is 0. The molecule has 0 saturated carbocycles. The van der Waals surface area contributed by atoms with Crippen molar-refractivity contribution < 1.29 is 0 Å². The highest BCUT2D eigenvalue weighted by Crippen LogP contribution is 2.20. The molecule has 1 heterocycles. The van der Waals surface area contributed by atoms with Gasteiger partial charge >= 0.3 is 0 Å². The molecule has 1 aromatic heterocycles. The second kappa shape index (κ2) is 3.17. The molecule has 1 rings (SSSR count). The van der Waals surface area contributed by atoms with Crippen molar-refractivity contribution in [2.45, 2.75) is 11.7 Å². The summed E-state index contributed by atoms with van der Waals surface area (Å²) in [6.07, 6.45) is 0.758. The molecule has 0 bridgehead atoms. The summed E-state index contributed by atoms with van der Waals surface area (Å²) >= 11 is 5.57. The Kier molecular flexibility index (Phi) is 2.48. The van der Waals surface area contributed by atoms with E-state index in [2.05, 4.69) is 29.1 Å². The van der Waals surface area contributed by atoms with Gasteiger partial charge in [-0.2, -0.15) is 12.6 Å². The van der Waals surface area contributed by atoms with Crippen molar-refractivity contribution in [1.29, 1.82) is 0 Å². The molecule has 0 amide bonds. The molecule has 1 aromatic rings. The molecule has 0 saturated heterocycles. The smallest absolute Gasteiger partial charge is 0.0882 e. The molecule has 0 aliphatic rings. The van der Waals surface area contributed by atoms with Gasteiger partial charge in [0.2, 0.25) is 0 Å². The Balaban J connectivity index is 2.65. The molecule has 4 heteroatoms. The van der Waals surface area contributed by atoms with Crippen molar-refractivity contribution in [3.8, 4) is 0 Å². The maximum Gasteiger partial charge on any atom is 0.0882 e. The van der Waals surface area contributed by atoms with Crippen LogP contribution in [0.25, 0.3) is 0 Å². The molecule has 1 atom stereocenters. The Labute approximate surface area is 63.9 Å². The van der Waals surface area contributed by atoms with E-state index in [0.717, 1.165) is 12.1 Å². The topological polar surface area (TPSA) is 25.8 Å². The van der Waals surface area contributed by atoms with Crippen LogP contribution in [-0.4, -0.2) is 9.59 Å². The SMILES string of the molecule is [CH2]CC(S)c1csnn1. The minimum atomic E-state index is 0.156. The van der Waals surface area contributed by atoms with E-state index < -0.39 is 0 Å². The van der Waals surface area contributed by atoms with Crippen molar-refractivity contribution in [2.75, 3.05) is 0 Å². The van der Waals surface area contributed by atoms with Crippen LogP contribution in [0.2, 0.25) is 0 Å². The fourth-order valence-electron chi connectivity index (χ4n) is 0.465. The van der Waals surface area contributed by atoms with Gasteiger partial charge in [0.05, 0.1) is 5.69 Å². The Morgan fingerprint density at radius 3 is 3.11 bits per heavy atom. The molecule has 1 radical (unpaired) electrons. The monoisotopic (exact) mass is 159 g/mol. The lowest BCUT2D eigenvalue weighted by Crippen LogP contribution is -1.87. The summed E-state index contributed by atoms with van der Waals surface area (Å²) in [6.45, 7) is 3.70. The second-order valence-corrected chi connectivity index (χ2v) is 2.87. The molecular formula is C5H7N2S2. The maximum absolute atomic E-state index is 4.23. The summed E-state index contributed by atoms with van der Waals surface area (Å²) in [7, 11) is 0. The van der Waals surface area contributed by atoms with E-state index in [0.29, 0.717) is 0 Å². The van der Waals surface area contributed by atoms with Crippen LogP contribution < -0.4 is 0 Å². The second-order valence-electron chi connectivity index (χ2n) is 1.63. The number of aromatic nitrogens is 2. The first-order valence-electron chi connectivity index (χ1n) is 2.59. The van der Waals surface area contributed by atoms with Crippen LogP contribution in [0.3, 0.4) is 0 Å². The van der Waals surface area contributed by atoms with E-state index in [4.69, 9.17) is 0 Å². The van der Waals surface area contributed by atoms with E-state index in [9.17, 15) is 0 Å². The summed E-state index contributed by atoms with van der Waals surface area (Å²) < 4.78 is 3.71. The van der Waals surface area contributed by atoms with Crippen molar-refractivity contribution in [3.63, 3.8) is 0 Å². The number of nitrogens with zero attached hydrogens (tertiary/aromatic N) is 2. The normalized spacial score (nSPS) is 13.6. The minimum Gasteiger partial charge on any atom is -0.169 e. The number of thiol groups is 1. The van der Waals surface area contributed by atoms with Crippen molar-refractivity contribution in [3.05, 3.63) is 18.0 Å². The van der Waals surface area contributed by atoms with Gasteiger partial charge in [-0.05, 0) is 18.0 Å². The van der Waals surface area contributed by atoms with Crippen LogP contribution in [0, 0.1) is 6.92 Å². The predicted molar refractivity (Wildman–Crippen MR) is 41.6 cm³/mol. The zero-order chi connectivity index (χ0) is 6.69. The quantitative estimate of drug-likeness (QED) is 0.665. The van der Waals surface area contributed by atoms with Gasteiger partial charge in [-0.25, -0.2) is 0 Å². The average molecular weight is 159 g/mol. The van der Waals surface area contributed by atoms with Crippen LogP contribution in [0.5, 0.6) is 0 Å². The fraction of sp³-hybridized carbons (Fsp3) is 0.400. The Morgan fingerprint density at radius 1 is 1.89 bits per heavy atom. The van der Waals surface area contributed by atoms with E-state index in [-0.39, 0.29) is 5.25 Å². The Bertz CT molecular complexity index is 161. The molecule has 0 aliphatic heterocycles. The first-order chi connectivity index (χ1) is 4.34. The first kappa shape index (κ1) is 7.02. The van der Waals surface area contributed by atoms with Crippen LogP contribution in [0.15, 0.2) is 5.38 Å². The van der Waals surface area contributed by atoms with Gasteiger partial charge in [-0.3, -0.25) is 0 Å². The molecule has 0 N–H and O–H groups in total. The van der Waals surface area contributed by atoms with Gasteiger partial charge in [0, 0.05) is 10.6 Å². The Hall–Kier alpha value is -0.0900. The van der Waals surface area contributed by atoms with Gasteiger partial charge in [0.15, 0.2) is 0 Å². The highest BCUT2D eigenvalue weighted by atomic mass is 32.1. The van der Waals surface area contributed by atoms with Crippen molar-refractivity contribution in [2.24, 2.45) is 0 Å². The largest absolute Gasteiger partial charge is 0.169 e. The zero-order valence-corrected chi connectivity index (χ0v) is 6.53. The predicted octanol–water partition coefficient (Wildman–Crippen LogP) is 1.73.